The summed E-state index contributed by atoms with van der Waals surface area (Å²) in [6.07, 6.45) is 2.19. The Balaban J connectivity index is 1.72. The highest BCUT2D eigenvalue weighted by Crippen LogP contribution is 2.31. The molecule has 0 amide bonds. The predicted molar refractivity (Wildman–Crippen MR) is 80.4 cm³/mol. The summed E-state index contributed by atoms with van der Waals surface area (Å²) in [5.74, 6) is 1.62. The van der Waals surface area contributed by atoms with Gasteiger partial charge in [0.1, 0.15) is 0 Å². The largest absolute Gasteiger partial charge is 0.339 e. The lowest BCUT2D eigenvalue weighted by atomic mass is 9.81. The standard InChI is InChI=1S/C15H21N5/c1-15(11-16)7-9-20(10-8-15)14-17-13(18-19-14)12-5-3-2-4-6-12/h2-6H,7-11,16H2,1H3,(H,17,18,19). The van der Waals surface area contributed by atoms with Crippen LogP contribution in [-0.2, 0) is 0 Å². The normalized spacial score (nSPS) is 18.2. The number of hydrogen-bond donors (Lipinski definition) is 2. The van der Waals surface area contributed by atoms with Gasteiger partial charge in [-0.2, -0.15) is 4.98 Å². The summed E-state index contributed by atoms with van der Waals surface area (Å²) in [5, 5.41) is 7.37. The van der Waals surface area contributed by atoms with Crippen LogP contribution >= 0.6 is 0 Å². The summed E-state index contributed by atoms with van der Waals surface area (Å²) in [4.78, 5) is 6.84. The van der Waals surface area contributed by atoms with E-state index < -0.39 is 0 Å². The van der Waals surface area contributed by atoms with Gasteiger partial charge in [0.15, 0.2) is 5.82 Å². The quantitative estimate of drug-likeness (QED) is 0.896. The molecule has 1 aliphatic rings. The van der Waals surface area contributed by atoms with Crippen LogP contribution in [0.3, 0.4) is 0 Å². The Morgan fingerprint density at radius 2 is 1.95 bits per heavy atom. The van der Waals surface area contributed by atoms with Crippen LogP contribution in [-0.4, -0.2) is 34.8 Å². The molecule has 5 heteroatoms. The highest BCUT2D eigenvalue weighted by Gasteiger charge is 2.30. The van der Waals surface area contributed by atoms with Crippen LogP contribution in [0.25, 0.3) is 11.4 Å². The highest BCUT2D eigenvalue weighted by molar-refractivity contribution is 5.56. The number of hydrogen-bond acceptors (Lipinski definition) is 4. The lowest BCUT2D eigenvalue weighted by Gasteiger charge is -2.38. The van der Waals surface area contributed by atoms with E-state index in [-0.39, 0.29) is 5.41 Å². The molecule has 0 spiro atoms. The molecule has 0 radical (unpaired) electrons. The Morgan fingerprint density at radius 1 is 1.25 bits per heavy atom. The van der Waals surface area contributed by atoms with E-state index >= 15 is 0 Å². The maximum Gasteiger partial charge on any atom is 0.245 e. The molecule has 1 saturated heterocycles. The second kappa shape index (κ2) is 5.25. The van der Waals surface area contributed by atoms with Gasteiger partial charge in [-0.05, 0) is 24.8 Å². The smallest absolute Gasteiger partial charge is 0.245 e. The maximum atomic E-state index is 5.85. The first kappa shape index (κ1) is 13.1. The molecule has 2 aromatic rings. The zero-order valence-electron chi connectivity index (χ0n) is 11.8. The van der Waals surface area contributed by atoms with Crippen molar-refractivity contribution in [3.63, 3.8) is 0 Å². The van der Waals surface area contributed by atoms with Gasteiger partial charge in [0.25, 0.3) is 0 Å². The second-order valence-electron chi connectivity index (χ2n) is 5.85. The van der Waals surface area contributed by atoms with Gasteiger partial charge in [0.05, 0.1) is 0 Å². The van der Waals surface area contributed by atoms with Crippen molar-refractivity contribution in [3.8, 4) is 11.4 Å². The molecule has 0 saturated carbocycles. The third-order valence-electron chi connectivity index (χ3n) is 4.27. The average molecular weight is 271 g/mol. The molecule has 1 aromatic carbocycles. The van der Waals surface area contributed by atoms with Crippen LogP contribution in [0.2, 0.25) is 0 Å². The first-order chi connectivity index (χ1) is 9.70. The summed E-state index contributed by atoms with van der Waals surface area (Å²) in [6, 6.07) is 10.1. The molecule has 20 heavy (non-hydrogen) atoms. The number of piperidine rings is 1. The number of nitrogens with two attached hydrogens (primary N) is 1. The van der Waals surface area contributed by atoms with Gasteiger partial charge in [-0.1, -0.05) is 37.3 Å². The molecular formula is C15H21N5. The zero-order chi connectivity index (χ0) is 14.0. The summed E-state index contributed by atoms with van der Waals surface area (Å²) < 4.78 is 0. The molecule has 1 fully saturated rings. The monoisotopic (exact) mass is 271 g/mol. The predicted octanol–water partition coefficient (Wildman–Crippen LogP) is 2.04. The van der Waals surface area contributed by atoms with Crippen molar-refractivity contribution in [2.75, 3.05) is 24.5 Å². The van der Waals surface area contributed by atoms with E-state index in [4.69, 9.17) is 5.73 Å². The lowest BCUT2D eigenvalue weighted by Crippen LogP contribution is -2.42. The number of benzene rings is 1. The minimum absolute atomic E-state index is 0.273. The minimum Gasteiger partial charge on any atom is -0.339 e. The molecule has 2 heterocycles. The third kappa shape index (κ3) is 2.54. The van der Waals surface area contributed by atoms with Crippen molar-refractivity contribution in [2.45, 2.75) is 19.8 Å². The Morgan fingerprint density at radius 3 is 2.60 bits per heavy atom. The van der Waals surface area contributed by atoms with Gasteiger partial charge in [-0.3, -0.25) is 5.10 Å². The van der Waals surface area contributed by atoms with Crippen LogP contribution in [0.5, 0.6) is 0 Å². The molecular weight excluding hydrogens is 250 g/mol. The van der Waals surface area contributed by atoms with Crippen molar-refractivity contribution in [1.82, 2.24) is 15.2 Å². The van der Waals surface area contributed by atoms with Gasteiger partial charge >= 0.3 is 0 Å². The van der Waals surface area contributed by atoms with Crippen LogP contribution in [0, 0.1) is 5.41 Å². The number of anilines is 1. The molecule has 3 rings (SSSR count). The van der Waals surface area contributed by atoms with E-state index in [1.54, 1.807) is 0 Å². The molecule has 0 aliphatic carbocycles. The maximum absolute atomic E-state index is 5.85. The number of aromatic amines is 1. The first-order valence-electron chi connectivity index (χ1n) is 7.13. The van der Waals surface area contributed by atoms with Crippen LogP contribution in [0.4, 0.5) is 5.95 Å². The number of nitrogens with zero attached hydrogens (tertiary/aromatic N) is 3. The molecule has 106 valence electrons. The highest BCUT2D eigenvalue weighted by atomic mass is 15.4. The Kier molecular flexibility index (Phi) is 3.44. The fraction of sp³-hybridized carbons (Fsp3) is 0.467. The molecule has 1 aliphatic heterocycles. The fourth-order valence-corrected chi connectivity index (χ4v) is 2.57. The van der Waals surface area contributed by atoms with Crippen molar-refractivity contribution >= 4 is 5.95 Å². The van der Waals surface area contributed by atoms with Crippen LogP contribution in [0.15, 0.2) is 30.3 Å². The summed E-state index contributed by atoms with van der Waals surface area (Å²) in [6.45, 7) is 4.96. The molecule has 0 unspecified atom stereocenters. The van der Waals surface area contributed by atoms with E-state index in [9.17, 15) is 0 Å². The SMILES string of the molecule is CC1(CN)CCN(c2n[nH]c(-c3ccccc3)n2)CC1. The van der Waals surface area contributed by atoms with Crippen molar-refractivity contribution in [1.29, 1.82) is 0 Å². The van der Waals surface area contributed by atoms with Crippen molar-refractivity contribution < 1.29 is 0 Å². The number of rotatable bonds is 3. The molecule has 5 nitrogen and oxygen atoms in total. The number of aromatic nitrogens is 3. The van der Waals surface area contributed by atoms with E-state index in [1.807, 2.05) is 30.3 Å². The van der Waals surface area contributed by atoms with Gasteiger partial charge in [0, 0.05) is 18.7 Å². The van der Waals surface area contributed by atoms with E-state index in [2.05, 4.69) is 27.0 Å². The molecule has 0 atom stereocenters. The van der Waals surface area contributed by atoms with Gasteiger partial charge < -0.3 is 10.6 Å². The van der Waals surface area contributed by atoms with Gasteiger partial charge in [0.2, 0.25) is 5.95 Å². The fourth-order valence-electron chi connectivity index (χ4n) is 2.57. The Labute approximate surface area is 119 Å². The molecule has 3 N–H and O–H groups in total. The van der Waals surface area contributed by atoms with Crippen LogP contribution in [0.1, 0.15) is 19.8 Å². The number of nitrogens with one attached hydrogen (secondary N) is 1. The zero-order valence-corrected chi connectivity index (χ0v) is 11.8. The molecule has 0 bridgehead atoms. The Bertz CT molecular complexity index is 555. The van der Waals surface area contributed by atoms with E-state index in [0.29, 0.717) is 0 Å². The van der Waals surface area contributed by atoms with Gasteiger partial charge in [-0.15, -0.1) is 5.10 Å². The number of H-pyrrole nitrogens is 1. The minimum atomic E-state index is 0.273. The molecule has 1 aromatic heterocycles. The van der Waals surface area contributed by atoms with Crippen LogP contribution < -0.4 is 10.6 Å². The lowest BCUT2D eigenvalue weighted by molar-refractivity contribution is 0.257. The average Bonchev–Trinajstić information content (AvgIpc) is 2.99. The summed E-state index contributed by atoms with van der Waals surface area (Å²) in [7, 11) is 0. The summed E-state index contributed by atoms with van der Waals surface area (Å²) >= 11 is 0. The van der Waals surface area contributed by atoms with E-state index in [0.717, 1.165) is 49.8 Å². The van der Waals surface area contributed by atoms with Gasteiger partial charge in [-0.25, -0.2) is 0 Å². The summed E-state index contributed by atoms with van der Waals surface area (Å²) in [5.41, 5.74) is 7.18. The second-order valence-corrected chi connectivity index (χ2v) is 5.85. The third-order valence-corrected chi connectivity index (χ3v) is 4.27. The first-order valence-corrected chi connectivity index (χ1v) is 7.13. The Hall–Kier alpha value is -1.88. The van der Waals surface area contributed by atoms with E-state index in [1.165, 1.54) is 0 Å². The van der Waals surface area contributed by atoms with Crippen molar-refractivity contribution in [3.05, 3.63) is 30.3 Å². The topological polar surface area (TPSA) is 70.8 Å². The van der Waals surface area contributed by atoms with Crippen molar-refractivity contribution in [2.24, 2.45) is 11.1 Å².